The number of non-ortho nitro benzene ring substituents is 1. The number of nitro groups is 1. The third-order valence-corrected chi connectivity index (χ3v) is 2.71. The van der Waals surface area contributed by atoms with E-state index in [4.69, 9.17) is 5.26 Å². The van der Waals surface area contributed by atoms with Crippen molar-refractivity contribution < 1.29 is 4.92 Å². The second-order valence-corrected chi connectivity index (χ2v) is 3.96. The summed E-state index contributed by atoms with van der Waals surface area (Å²) in [6.45, 7) is 0.373. The summed E-state index contributed by atoms with van der Waals surface area (Å²) in [5.41, 5.74) is -0.0417. The van der Waals surface area contributed by atoms with Crippen LogP contribution in [0.4, 0.5) is 5.69 Å². The van der Waals surface area contributed by atoms with Crippen LogP contribution >= 0.6 is 0 Å². The number of unbranched alkanes of at least 4 members (excludes halogenated alkanes) is 1. The van der Waals surface area contributed by atoms with E-state index in [-0.39, 0.29) is 16.6 Å². The number of rotatable bonds is 4. The van der Waals surface area contributed by atoms with E-state index in [0.29, 0.717) is 24.9 Å². The normalized spacial score (nSPS) is 10.3. The number of hydrogen-bond acceptors (Lipinski definition) is 5. The van der Waals surface area contributed by atoms with Gasteiger partial charge in [-0.15, -0.1) is 0 Å². The van der Waals surface area contributed by atoms with E-state index in [1.54, 1.807) is 0 Å². The minimum atomic E-state index is -0.550. The van der Waals surface area contributed by atoms with Gasteiger partial charge in [-0.05, 0) is 12.5 Å². The SMILES string of the molecule is N#CCCCn1cnc2ccc([N+](=O)[O-])cc2c1=O. The van der Waals surface area contributed by atoms with E-state index in [1.807, 2.05) is 6.07 Å². The molecule has 0 bridgehead atoms. The van der Waals surface area contributed by atoms with Gasteiger partial charge in [0.1, 0.15) is 0 Å². The van der Waals surface area contributed by atoms with Crippen LogP contribution in [0.3, 0.4) is 0 Å². The van der Waals surface area contributed by atoms with Crippen molar-refractivity contribution >= 4 is 16.6 Å². The van der Waals surface area contributed by atoms with Gasteiger partial charge in [-0.3, -0.25) is 19.5 Å². The van der Waals surface area contributed by atoms with Crippen molar-refractivity contribution in [3.8, 4) is 6.07 Å². The molecular formula is C12H10N4O3. The molecule has 7 heteroatoms. The lowest BCUT2D eigenvalue weighted by Crippen LogP contribution is -2.20. The van der Waals surface area contributed by atoms with Crippen LogP contribution in [0.25, 0.3) is 10.9 Å². The van der Waals surface area contributed by atoms with Crippen LogP contribution in [-0.2, 0) is 6.54 Å². The van der Waals surface area contributed by atoms with Crippen LogP contribution in [-0.4, -0.2) is 14.5 Å². The number of aromatic nitrogens is 2. The fourth-order valence-corrected chi connectivity index (χ4v) is 1.75. The largest absolute Gasteiger partial charge is 0.299 e. The maximum Gasteiger partial charge on any atom is 0.270 e. The highest BCUT2D eigenvalue weighted by atomic mass is 16.6. The molecule has 0 N–H and O–H groups in total. The lowest BCUT2D eigenvalue weighted by molar-refractivity contribution is -0.384. The molecule has 0 saturated carbocycles. The molecule has 0 atom stereocenters. The molecule has 0 unspecified atom stereocenters. The summed E-state index contributed by atoms with van der Waals surface area (Å²) in [6.07, 6.45) is 2.28. The molecule has 0 aliphatic heterocycles. The minimum absolute atomic E-state index is 0.138. The Morgan fingerprint density at radius 1 is 1.47 bits per heavy atom. The van der Waals surface area contributed by atoms with E-state index in [0.717, 1.165) is 0 Å². The van der Waals surface area contributed by atoms with Crippen molar-refractivity contribution in [2.75, 3.05) is 0 Å². The number of aryl methyl sites for hydroxylation is 1. The van der Waals surface area contributed by atoms with Crippen LogP contribution in [0.1, 0.15) is 12.8 Å². The quantitative estimate of drug-likeness (QED) is 0.471. The van der Waals surface area contributed by atoms with Gasteiger partial charge >= 0.3 is 0 Å². The number of benzene rings is 1. The summed E-state index contributed by atoms with van der Waals surface area (Å²) in [5, 5.41) is 19.4. The average molecular weight is 258 g/mol. The van der Waals surface area contributed by atoms with Gasteiger partial charge in [0.25, 0.3) is 11.2 Å². The van der Waals surface area contributed by atoms with Gasteiger partial charge in [0.2, 0.25) is 0 Å². The Bertz CT molecular complexity index is 730. The molecule has 0 amide bonds. The molecule has 2 rings (SSSR count). The Hall–Kier alpha value is -2.75. The average Bonchev–Trinajstić information content (AvgIpc) is 2.41. The number of fused-ring (bicyclic) bond motifs is 1. The van der Waals surface area contributed by atoms with Crippen molar-refractivity contribution in [3.63, 3.8) is 0 Å². The van der Waals surface area contributed by atoms with Gasteiger partial charge in [0.15, 0.2) is 0 Å². The van der Waals surface area contributed by atoms with Crippen LogP contribution in [0.2, 0.25) is 0 Å². The summed E-state index contributed by atoms with van der Waals surface area (Å²) < 4.78 is 1.36. The first-order valence-corrected chi connectivity index (χ1v) is 5.64. The fourth-order valence-electron chi connectivity index (χ4n) is 1.75. The topological polar surface area (TPSA) is 102 Å². The summed E-state index contributed by atoms with van der Waals surface area (Å²) in [7, 11) is 0. The Balaban J connectivity index is 2.47. The first-order valence-electron chi connectivity index (χ1n) is 5.64. The van der Waals surface area contributed by atoms with Crippen LogP contribution < -0.4 is 5.56 Å². The summed E-state index contributed by atoms with van der Waals surface area (Å²) in [5.74, 6) is 0. The molecule has 7 nitrogen and oxygen atoms in total. The zero-order valence-corrected chi connectivity index (χ0v) is 9.94. The Labute approximate surface area is 107 Å². The van der Waals surface area contributed by atoms with E-state index < -0.39 is 4.92 Å². The number of nitriles is 1. The molecule has 19 heavy (non-hydrogen) atoms. The standard InChI is InChI=1S/C12H10N4O3/c13-5-1-2-6-15-8-14-11-4-3-9(16(18)19)7-10(11)12(15)17/h3-4,7-8H,1-2,6H2. The number of nitro benzene ring substituents is 1. The molecule has 1 aromatic carbocycles. The Morgan fingerprint density at radius 3 is 2.95 bits per heavy atom. The lowest BCUT2D eigenvalue weighted by atomic mass is 10.2. The van der Waals surface area contributed by atoms with Gasteiger partial charge in [-0.25, -0.2) is 4.98 Å². The number of hydrogen-bond donors (Lipinski definition) is 0. The monoisotopic (exact) mass is 258 g/mol. The molecule has 1 aromatic heterocycles. The van der Waals surface area contributed by atoms with E-state index >= 15 is 0 Å². The molecule has 2 aromatic rings. The minimum Gasteiger partial charge on any atom is -0.299 e. The van der Waals surface area contributed by atoms with Gasteiger partial charge in [0.05, 0.1) is 28.2 Å². The molecule has 1 heterocycles. The second kappa shape index (κ2) is 5.27. The third kappa shape index (κ3) is 2.57. The van der Waals surface area contributed by atoms with Crippen LogP contribution in [0.5, 0.6) is 0 Å². The predicted octanol–water partition coefficient (Wildman–Crippen LogP) is 1.61. The second-order valence-electron chi connectivity index (χ2n) is 3.96. The summed E-state index contributed by atoms with van der Waals surface area (Å²) in [6, 6.07) is 5.99. The zero-order chi connectivity index (χ0) is 13.8. The third-order valence-electron chi connectivity index (χ3n) is 2.71. The molecule has 0 saturated heterocycles. The highest BCUT2D eigenvalue weighted by molar-refractivity contribution is 5.79. The van der Waals surface area contributed by atoms with Gasteiger partial charge in [-0.2, -0.15) is 5.26 Å². The molecule has 0 spiro atoms. The first-order chi connectivity index (χ1) is 9.13. The molecular weight excluding hydrogens is 248 g/mol. The maximum atomic E-state index is 12.1. The van der Waals surface area contributed by atoms with Crippen molar-refractivity contribution in [1.29, 1.82) is 5.26 Å². The first kappa shape index (κ1) is 12.7. The van der Waals surface area contributed by atoms with Crippen molar-refractivity contribution in [2.24, 2.45) is 0 Å². The van der Waals surface area contributed by atoms with Gasteiger partial charge in [0, 0.05) is 25.1 Å². The summed E-state index contributed by atoms with van der Waals surface area (Å²) >= 11 is 0. The smallest absolute Gasteiger partial charge is 0.270 e. The highest BCUT2D eigenvalue weighted by Crippen LogP contribution is 2.16. The van der Waals surface area contributed by atoms with Crippen LogP contribution in [0, 0.1) is 21.4 Å². The fraction of sp³-hybridized carbons (Fsp3) is 0.250. The summed E-state index contributed by atoms with van der Waals surface area (Å²) in [4.78, 5) is 26.3. The molecule has 0 radical (unpaired) electrons. The molecule has 0 fully saturated rings. The zero-order valence-electron chi connectivity index (χ0n) is 9.94. The molecule has 96 valence electrons. The molecule has 0 aliphatic carbocycles. The van der Waals surface area contributed by atoms with E-state index in [1.165, 1.54) is 29.1 Å². The highest BCUT2D eigenvalue weighted by Gasteiger charge is 2.10. The van der Waals surface area contributed by atoms with Crippen LogP contribution in [0.15, 0.2) is 29.3 Å². The van der Waals surface area contributed by atoms with Gasteiger partial charge < -0.3 is 0 Å². The van der Waals surface area contributed by atoms with E-state index in [9.17, 15) is 14.9 Å². The van der Waals surface area contributed by atoms with Gasteiger partial charge in [-0.1, -0.05) is 0 Å². The van der Waals surface area contributed by atoms with Crippen molar-refractivity contribution in [3.05, 3.63) is 45.0 Å². The molecule has 0 aliphatic rings. The maximum absolute atomic E-state index is 12.1. The Morgan fingerprint density at radius 2 is 2.26 bits per heavy atom. The Kier molecular flexibility index (Phi) is 3.52. The number of nitrogens with zero attached hydrogens (tertiary/aromatic N) is 4. The predicted molar refractivity (Wildman–Crippen MR) is 67.5 cm³/mol. The van der Waals surface area contributed by atoms with E-state index in [2.05, 4.69) is 4.98 Å². The van der Waals surface area contributed by atoms with Crippen molar-refractivity contribution in [2.45, 2.75) is 19.4 Å². The van der Waals surface area contributed by atoms with Crippen molar-refractivity contribution in [1.82, 2.24) is 9.55 Å². The lowest BCUT2D eigenvalue weighted by Gasteiger charge is -2.04.